The highest BCUT2D eigenvalue weighted by atomic mass is 35.5. The molecule has 0 spiro atoms. The third-order valence-corrected chi connectivity index (χ3v) is 7.57. The number of hydrogen-bond acceptors (Lipinski definition) is 4. The Labute approximate surface area is 211 Å². The molecule has 34 heavy (non-hydrogen) atoms. The summed E-state index contributed by atoms with van der Waals surface area (Å²) in [6.45, 7) is 3.43. The van der Waals surface area contributed by atoms with Crippen molar-refractivity contribution in [3.05, 3.63) is 89.3 Å². The number of thiazole rings is 1. The smallest absolute Gasteiger partial charge is 0.269 e. The number of rotatable bonds is 5. The number of carbonyl (C=O) groups excluding carboxylic acids is 2. The van der Waals surface area contributed by atoms with Gasteiger partial charge in [-0.2, -0.15) is 0 Å². The number of hydrogen-bond donors (Lipinski definition) is 0. The third kappa shape index (κ3) is 5.69. The molecule has 1 aliphatic heterocycles. The van der Waals surface area contributed by atoms with Crippen molar-refractivity contribution in [2.24, 2.45) is 5.92 Å². The minimum atomic E-state index is -0.321. The minimum absolute atomic E-state index is 0.111. The van der Waals surface area contributed by atoms with Crippen LogP contribution in [-0.4, -0.2) is 34.2 Å². The summed E-state index contributed by atoms with van der Waals surface area (Å²) < 4.78 is 2.23. The highest BCUT2D eigenvalue weighted by Gasteiger charge is 2.21. The van der Waals surface area contributed by atoms with Crippen LogP contribution in [0.1, 0.15) is 35.7 Å². The number of aromatic nitrogens is 1. The van der Waals surface area contributed by atoms with E-state index >= 15 is 0 Å². The number of likely N-dealkylation sites (tertiary alicyclic amines) is 1. The molecule has 0 N–H and O–H groups in total. The first kappa shape index (κ1) is 24.5. The second-order valence-electron chi connectivity index (χ2n) is 8.44. The van der Waals surface area contributed by atoms with E-state index in [4.69, 9.17) is 23.2 Å². The van der Waals surface area contributed by atoms with Crippen molar-refractivity contribution < 1.29 is 9.59 Å². The Bertz CT molecular complexity index is 1380. The lowest BCUT2D eigenvalue weighted by Crippen LogP contribution is -2.43. The van der Waals surface area contributed by atoms with Crippen LogP contribution in [-0.2, 0) is 11.3 Å². The summed E-state index contributed by atoms with van der Waals surface area (Å²) in [5.41, 5.74) is 0.836. The van der Waals surface area contributed by atoms with Crippen LogP contribution in [0.5, 0.6) is 0 Å². The predicted octanol–water partition coefficient (Wildman–Crippen LogP) is 3.97. The molecule has 0 unspecified atom stereocenters. The first-order valence-corrected chi connectivity index (χ1v) is 12.6. The summed E-state index contributed by atoms with van der Waals surface area (Å²) in [6, 6.07) is 13.9. The Balaban J connectivity index is 1.76. The van der Waals surface area contributed by atoms with Crippen LogP contribution >= 0.6 is 34.5 Å². The van der Waals surface area contributed by atoms with Crippen molar-refractivity contribution in [2.75, 3.05) is 13.1 Å². The number of nitrogens with zero attached hydrogens (tertiary/aromatic N) is 2. The fraction of sp³-hybridized carbons (Fsp3) is 0.269. The van der Waals surface area contributed by atoms with Gasteiger partial charge in [0.05, 0.1) is 9.55 Å². The number of piperidine rings is 1. The molecule has 2 aromatic carbocycles. The van der Waals surface area contributed by atoms with Gasteiger partial charge in [-0.15, -0.1) is 11.3 Å². The van der Waals surface area contributed by atoms with Gasteiger partial charge in [-0.25, -0.2) is 0 Å². The number of benzene rings is 2. The molecule has 3 aromatic rings. The standard InChI is InChI=1S/C26H24Cl2N2O3S/c1-17-10-12-29(13-11-17)24(32)16-30-25(15-22(31)20-4-2-3-5-21(20)28)34-23(26(30)33)14-18-6-8-19(27)9-7-18/h2-9,14-15,17H,10-13,16H2,1H3/b23-14+,25-15-. The van der Waals surface area contributed by atoms with Crippen molar-refractivity contribution in [3.63, 3.8) is 0 Å². The van der Waals surface area contributed by atoms with Gasteiger partial charge < -0.3 is 4.90 Å². The number of Topliss-reactive ketones (excluding diaryl/α,β-unsaturated/α-hetero) is 1. The van der Waals surface area contributed by atoms with E-state index in [9.17, 15) is 14.4 Å². The van der Waals surface area contributed by atoms with Gasteiger partial charge in [0, 0.05) is 29.8 Å². The molecule has 8 heteroatoms. The van der Waals surface area contributed by atoms with Crippen LogP contribution in [0.4, 0.5) is 0 Å². The van der Waals surface area contributed by atoms with E-state index in [1.54, 1.807) is 47.4 Å². The largest absolute Gasteiger partial charge is 0.341 e. The van der Waals surface area contributed by atoms with Crippen LogP contribution in [0, 0.1) is 5.92 Å². The molecule has 1 aliphatic rings. The maximum absolute atomic E-state index is 13.3. The van der Waals surface area contributed by atoms with E-state index < -0.39 is 0 Å². The molecule has 0 aliphatic carbocycles. The third-order valence-electron chi connectivity index (χ3n) is 5.93. The van der Waals surface area contributed by atoms with Crippen molar-refractivity contribution in [1.29, 1.82) is 0 Å². The average Bonchev–Trinajstić information content (AvgIpc) is 3.10. The zero-order valence-electron chi connectivity index (χ0n) is 18.7. The monoisotopic (exact) mass is 514 g/mol. The first-order valence-electron chi connectivity index (χ1n) is 11.1. The molecular weight excluding hydrogens is 491 g/mol. The zero-order chi connectivity index (χ0) is 24.2. The van der Waals surface area contributed by atoms with Crippen LogP contribution in [0.15, 0.2) is 53.3 Å². The Kier molecular flexibility index (Phi) is 7.71. The molecule has 0 atom stereocenters. The summed E-state index contributed by atoms with van der Waals surface area (Å²) in [6.07, 6.45) is 5.02. The molecule has 1 aromatic heterocycles. The van der Waals surface area contributed by atoms with E-state index in [0.29, 0.717) is 43.8 Å². The van der Waals surface area contributed by atoms with Crippen molar-refractivity contribution in [1.82, 2.24) is 9.47 Å². The van der Waals surface area contributed by atoms with E-state index in [1.807, 2.05) is 12.1 Å². The van der Waals surface area contributed by atoms with Crippen molar-refractivity contribution >= 4 is 58.4 Å². The maximum Gasteiger partial charge on any atom is 0.269 e. The van der Waals surface area contributed by atoms with Gasteiger partial charge in [-0.1, -0.05) is 54.4 Å². The summed E-state index contributed by atoms with van der Waals surface area (Å²) in [5, 5.41) is 0.933. The van der Waals surface area contributed by atoms with Gasteiger partial charge in [-0.3, -0.25) is 19.0 Å². The van der Waals surface area contributed by atoms with Gasteiger partial charge in [-0.05, 0) is 54.7 Å². The van der Waals surface area contributed by atoms with Crippen LogP contribution in [0.25, 0.3) is 12.2 Å². The summed E-state index contributed by atoms with van der Waals surface area (Å²) in [7, 11) is 0. The Morgan fingerprint density at radius 3 is 2.41 bits per heavy atom. The average molecular weight is 515 g/mol. The number of amides is 1. The maximum atomic E-state index is 13.3. The molecule has 4 rings (SSSR count). The van der Waals surface area contributed by atoms with E-state index in [-0.39, 0.29) is 23.8 Å². The van der Waals surface area contributed by atoms with E-state index in [1.165, 1.54) is 22.0 Å². The number of ketones is 1. The highest BCUT2D eigenvalue weighted by Crippen LogP contribution is 2.17. The Morgan fingerprint density at radius 1 is 1.06 bits per heavy atom. The molecule has 2 heterocycles. The first-order chi connectivity index (χ1) is 16.3. The number of halogens is 2. The lowest BCUT2D eigenvalue weighted by Gasteiger charge is -2.30. The molecule has 0 saturated carbocycles. The molecular formula is C26H24Cl2N2O3S. The topological polar surface area (TPSA) is 59.4 Å². The fourth-order valence-corrected chi connectivity index (χ4v) is 5.24. The molecule has 5 nitrogen and oxygen atoms in total. The second-order valence-corrected chi connectivity index (χ2v) is 10.3. The van der Waals surface area contributed by atoms with Crippen LogP contribution in [0.2, 0.25) is 10.0 Å². The van der Waals surface area contributed by atoms with E-state index in [2.05, 4.69) is 6.92 Å². The predicted molar refractivity (Wildman–Crippen MR) is 138 cm³/mol. The van der Waals surface area contributed by atoms with Gasteiger partial charge in [0.15, 0.2) is 5.78 Å². The van der Waals surface area contributed by atoms with Crippen LogP contribution < -0.4 is 14.8 Å². The molecule has 1 saturated heterocycles. The Hall–Kier alpha value is -2.67. The summed E-state index contributed by atoms with van der Waals surface area (Å²) in [5.74, 6) is 0.146. The second kappa shape index (κ2) is 10.7. The molecule has 1 fully saturated rings. The minimum Gasteiger partial charge on any atom is -0.341 e. The SMILES string of the molecule is CC1CCN(C(=O)Cn2c(=O)/c(=C\c3ccc(Cl)cc3)s/c2=C\C(=O)c2ccccc2Cl)CC1. The van der Waals surface area contributed by atoms with Crippen molar-refractivity contribution in [3.8, 4) is 0 Å². The normalized spacial score (nSPS) is 15.7. The summed E-state index contributed by atoms with van der Waals surface area (Å²) in [4.78, 5) is 41.1. The van der Waals surface area contributed by atoms with Gasteiger partial charge >= 0.3 is 0 Å². The fourth-order valence-electron chi connectivity index (χ4n) is 3.85. The van der Waals surface area contributed by atoms with Crippen LogP contribution in [0.3, 0.4) is 0 Å². The zero-order valence-corrected chi connectivity index (χ0v) is 21.0. The molecule has 176 valence electrons. The van der Waals surface area contributed by atoms with Crippen molar-refractivity contribution in [2.45, 2.75) is 26.3 Å². The van der Waals surface area contributed by atoms with Gasteiger partial charge in [0.1, 0.15) is 11.2 Å². The lowest BCUT2D eigenvalue weighted by atomic mass is 9.99. The number of carbonyl (C=O) groups is 2. The molecule has 0 radical (unpaired) electrons. The van der Waals surface area contributed by atoms with E-state index in [0.717, 1.165) is 18.4 Å². The van der Waals surface area contributed by atoms with Gasteiger partial charge in [0.25, 0.3) is 5.56 Å². The quantitative estimate of drug-likeness (QED) is 0.484. The Morgan fingerprint density at radius 2 is 1.74 bits per heavy atom. The van der Waals surface area contributed by atoms with Gasteiger partial charge in [0.2, 0.25) is 5.91 Å². The summed E-state index contributed by atoms with van der Waals surface area (Å²) >= 11 is 13.3. The molecule has 1 amide bonds. The molecule has 0 bridgehead atoms. The lowest BCUT2D eigenvalue weighted by molar-refractivity contribution is -0.133. The highest BCUT2D eigenvalue weighted by molar-refractivity contribution is 7.07.